The van der Waals surface area contributed by atoms with Gasteiger partial charge in [0.05, 0.1) is 7.05 Å². The normalized spacial score (nSPS) is 11.0. The fourth-order valence-electron chi connectivity index (χ4n) is 2.72. The van der Waals surface area contributed by atoms with Gasteiger partial charge in [-0.15, -0.1) is 0 Å². The Balaban J connectivity index is 2.03. The minimum atomic E-state index is -0.872. The van der Waals surface area contributed by atoms with Crippen molar-refractivity contribution in [3.8, 4) is 0 Å². The van der Waals surface area contributed by atoms with E-state index in [1.165, 1.54) is 57.8 Å². The van der Waals surface area contributed by atoms with Crippen molar-refractivity contribution in [3.05, 3.63) is 17.7 Å². The van der Waals surface area contributed by atoms with Crippen LogP contribution in [0.1, 0.15) is 87.4 Å². The fourth-order valence-corrected chi connectivity index (χ4v) is 2.72. The van der Waals surface area contributed by atoms with E-state index in [0.717, 1.165) is 18.7 Å². The number of imidazole rings is 1. The van der Waals surface area contributed by atoms with E-state index in [1.54, 1.807) is 10.8 Å². The van der Waals surface area contributed by atoms with Gasteiger partial charge < -0.3 is 5.11 Å². The van der Waals surface area contributed by atoms with Gasteiger partial charge in [-0.05, 0) is 6.42 Å². The number of carbonyl (C=O) groups is 1. The Morgan fingerprint density at radius 2 is 1.57 bits per heavy atom. The number of hydrogen-bond donors (Lipinski definition) is 2. The SMILES string of the molecule is CCCCCCCCCCCCc1[nH]cc(C(=O)O)[n+]1C. The zero-order valence-electron chi connectivity index (χ0n) is 13.7. The van der Waals surface area contributed by atoms with Crippen LogP contribution in [0.3, 0.4) is 0 Å². The highest BCUT2D eigenvalue weighted by Gasteiger charge is 2.19. The molecule has 1 aromatic heterocycles. The highest BCUT2D eigenvalue weighted by atomic mass is 16.4. The molecule has 0 aliphatic rings. The fraction of sp³-hybridized carbons (Fsp3) is 0.765. The monoisotopic (exact) mass is 295 g/mol. The summed E-state index contributed by atoms with van der Waals surface area (Å²) in [5.41, 5.74) is 0.331. The third-order valence-corrected chi connectivity index (χ3v) is 4.13. The molecule has 21 heavy (non-hydrogen) atoms. The molecule has 1 rings (SSSR count). The quantitative estimate of drug-likeness (QED) is 0.452. The average molecular weight is 295 g/mol. The molecule has 120 valence electrons. The van der Waals surface area contributed by atoms with Crippen LogP contribution in [-0.4, -0.2) is 16.1 Å². The number of aromatic nitrogens is 2. The van der Waals surface area contributed by atoms with Gasteiger partial charge in [-0.3, -0.25) is 0 Å². The van der Waals surface area contributed by atoms with Crippen LogP contribution >= 0.6 is 0 Å². The van der Waals surface area contributed by atoms with Crippen molar-refractivity contribution in [2.24, 2.45) is 7.05 Å². The van der Waals surface area contributed by atoms with E-state index in [2.05, 4.69) is 11.9 Å². The molecule has 2 N–H and O–H groups in total. The van der Waals surface area contributed by atoms with E-state index in [4.69, 9.17) is 5.11 Å². The van der Waals surface area contributed by atoms with Crippen LogP contribution in [0.25, 0.3) is 0 Å². The number of carboxylic acid groups (broad SMARTS) is 1. The van der Waals surface area contributed by atoms with Gasteiger partial charge in [-0.2, -0.15) is 0 Å². The average Bonchev–Trinajstić information content (AvgIpc) is 2.82. The Hall–Kier alpha value is -1.32. The number of nitrogens with one attached hydrogen (secondary N) is 1. The van der Waals surface area contributed by atoms with Crippen LogP contribution in [0.2, 0.25) is 0 Å². The summed E-state index contributed by atoms with van der Waals surface area (Å²) >= 11 is 0. The Kier molecular flexibility index (Phi) is 8.79. The predicted octanol–water partition coefficient (Wildman–Crippen LogP) is 4.00. The molecule has 0 bridgehead atoms. The molecule has 0 saturated heterocycles. The van der Waals surface area contributed by atoms with E-state index in [-0.39, 0.29) is 0 Å². The van der Waals surface area contributed by atoms with Crippen molar-refractivity contribution >= 4 is 5.97 Å². The smallest absolute Gasteiger partial charge is 0.379 e. The summed E-state index contributed by atoms with van der Waals surface area (Å²) in [5, 5.41) is 8.98. The lowest BCUT2D eigenvalue weighted by Crippen LogP contribution is -2.37. The molecule has 0 aromatic carbocycles. The summed E-state index contributed by atoms with van der Waals surface area (Å²) in [5.74, 6) is 0.134. The first-order valence-corrected chi connectivity index (χ1v) is 8.46. The van der Waals surface area contributed by atoms with E-state index in [1.807, 2.05) is 7.05 Å². The number of aryl methyl sites for hydroxylation is 1. The summed E-state index contributed by atoms with van der Waals surface area (Å²) in [6.07, 6.45) is 15.7. The van der Waals surface area contributed by atoms with Crippen LogP contribution in [0.5, 0.6) is 0 Å². The standard InChI is InChI=1S/C17H30N2O2/c1-3-4-5-6-7-8-9-10-11-12-13-16-18-14-15(17(20)21)19(16)2/h14H,3-13H2,1-2H3,(H,20,21)/p+1. The Labute approximate surface area is 128 Å². The molecule has 0 radical (unpaired) electrons. The number of rotatable bonds is 12. The number of aromatic carboxylic acids is 1. The van der Waals surface area contributed by atoms with Crippen LogP contribution < -0.4 is 4.57 Å². The second kappa shape index (κ2) is 10.4. The van der Waals surface area contributed by atoms with Gasteiger partial charge in [0.2, 0.25) is 0 Å². The lowest BCUT2D eigenvalue weighted by atomic mass is 10.1. The number of hydrogen-bond acceptors (Lipinski definition) is 1. The highest BCUT2D eigenvalue weighted by molar-refractivity contribution is 5.83. The van der Waals surface area contributed by atoms with Crippen molar-refractivity contribution < 1.29 is 14.5 Å². The molecule has 1 aromatic rings. The maximum atomic E-state index is 10.9. The summed E-state index contributed by atoms with van der Waals surface area (Å²) < 4.78 is 1.75. The molecular weight excluding hydrogens is 264 g/mol. The van der Waals surface area contributed by atoms with Crippen LogP contribution in [0.15, 0.2) is 6.20 Å². The Morgan fingerprint density at radius 3 is 2.05 bits per heavy atom. The molecule has 4 heteroatoms. The lowest BCUT2D eigenvalue weighted by molar-refractivity contribution is -0.680. The molecule has 0 fully saturated rings. The first kappa shape index (κ1) is 17.7. The van der Waals surface area contributed by atoms with Crippen LogP contribution in [0.4, 0.5) is 0 Å². The van der Waals surface area contributed by atoms with Gasteiger partial charge in [0.15, 0.2) is 0 Å². The minimum absolute atomic E-state index is 0.331. The lowest BCUT2D eigenvalue weighted by Gasteiger charge is -2.01. The first-order valence-electron chi connectivity index (χ1n) is 8.46. The molecule has 0 aliphatic carbocycles. The number of H-pyrrole nitrogens is 1. The van der Waals surface area contributed by atoms with Crippen molar-refractivity contribution in [2.45, 2.75) is 77.6 Å². The van der Waals surface area contributed by atoms with Gasteiger partial charge in [-0.1, -0.05) is 64.7 Å². The largest absolute Gasteiger partial charge is 0.475 e. The van der Waals surface area contributed by atoms with Gasteiger partial charge in [-0.25, -0.2) is 14.3 Å². The topological polar surface area (TPSA) is 57.0 Å². The van der Waals surface area contributed by atoms with Gasteiger partial charge in [0, 0.05) is 6.42 Å². The molecule has 0 aliphatic heterocycles. The van der Waals surface area contributed by atoms with Gasteiger partial charge in [0.1, 0.15) is 6.20 Å². The van der Waals surface area contributed by atoms with Crippen molar-refractivity contribution in [3.63, 3.8) is 0 Å². The molecule has 0 saturated carbocycles. The number of nitrogens with zero attached hydrogens (tertiary/aromatic N) is 1. The third kappa shape index (κ3) is 6.78. The summed E-state index contributed by atoms with van der Waals surface area (Å²) in [4.78, 5) is 14.0. The van der Waals surface area contributed by atoms with E-state index < -0.39 is 5.97 Å². The maximum Gasteiger partial charge on any atom is 0.379 e. The maximum absolute atomic E-state index is 10.9. The Morgan fingerprint density at radius 1 is 1.05 bits per heavy atom. The zero-order valence-corrected chi connectivity index (χ0v) is 13.7. The van der Waals surface area contributed by atoms with Crippen LogP contribution in [0, 0.1) is 0 Å². The van der Waals surface area contributed by atoms with E-state index in [0.29, 0.717) is 5.69 Å². The Bertz CT molecular complexity index is 413. The molecule has 0 spiro atoms. The van der Waals surface area contributed by atoms with Gasteiger partial charge >= 0.3 is 5.97 Å². The molecule has 0 unspecified atom stereocenters. The van der Waals surface area contributed by atoms with E-state index >= 15 is 0 Å². The first-order chi connectivity index (χ1) is 10.2. The molecule has 4 nitrogen and oxygen atoms in total. The summed E-state index contributed by atoms with van der Waals surface area (Å²) in [6, 6.07) is 0. The van der Waals surface area contributed by atoms with Crippen molar-refractivity contribution in [1.29, 1.82) is 0 Å². The van der Waals surface area contributed by atoms with E-state index in [9.17, 15) is 4.79 Å². The summed E-state index contributed by atoms with van der Waals surface area (Å²) in [6.45, 7) is 2.25. The van der Waals surface area contributed by atoms with Crippen LogP contribution in [-0.2, 0) is 13.5 Å². The zero-order chi connectivity index (χ0) is 15.5. The molecule has 0 amide bonds. The summed E-state index contributed by atoms with van der Waals surface area (Å²) in [7, 11) is 1.81. The number of unbranched alkanes of at least 4 members (excludes halogenated alkanes) is 9. The molecular formula is C17H31N2O2+. The number of carboxylic acids is 1. The number of aromatic amines is 1. The van der Waals surface area contributed by atoms with Crippen molar-refractivity contribution in [2.75, 3.05) is 0 Å². The third-order valence-electron chi connectivity index (χ3n) is 4.13. The van der Waals surface area contributed by atoms with Gasteiger partial charge in [0.25, 0.3) is 11.5 Å². The highest BCUT2D eigenvalue weighted by Crippen LogP contribution is 2.11. The minimum Gasteiger partial charge on any atom is -0.475 e. The second-order valence-corrected chi connectivity index (χ2v) is 5.92. The molecule has 0 atom stereocenters. The second-order valence-electron chi connectivity index (χ2n) is 5.92. The molecule has 1 heterocycles. The van der Waals surface area contributed by atoms with Crippen molar-refractivity contribution in [1.82, 2.24) is 4.98 Å². The predicted molar refractivity (Wildman–Crippen MR) is 84.5 cm³/mol.